The second-order valence-electron chi connectivity index (χ2n) is 6.06. The Hall–Kier alpha value is -1.31. The number of anilines is 1. The third-order valence-corrected chi connectivity index (χ3v) is 5.00. The van der Waals surface area contributed by atoms with Gasteiger partial charge in [-0.3, -0.25) is 4.79 Å². The standard InChI is InChI=1S/C17H23NO/c1-14(19)17(10-4-5-11-17)15-8-2-3-9-16(15)18-12-6-7-13-18/h2-3,8-9H,4-7,10-13H2,1H3. The second-order valence-corrected chi connectivity index (χ2v) is 6.06. The van der Waals surface area contributed by atoms with E-state index >= 15 is 0 Å². The molecular weight excluding hydrogens is 234 g/mol. The molecular formula is C17H23NO. The summed E-state index contributed by atoms with van der Waals surface area (Å²) < 4.78 is 0. The van der Waals surface area contributed by atoms with Gasteiger partial charge in [0.1, 0.15) is 5.78 Å². The zero-order valence-corrected chi connectivity index (χ0v) is 11.8. The summed E-state index contributed by atoms with van der Waals surface area (Å²) in [5.41, 5.74) is 2.41. The molecule has 1 saturated heterocycles. The summed E-state index contributed by atoms with van der Waals surface area (Å²) in [5, 5.41) is 0. The number of hydrogen-bond donors (Lipinski definition) is 0. The number of Topliss-reactive ketones (excluding diaryl/α,β-unsaturated/α-hetero) is 1. The number of carbonyl (C=O) groups is 1. The van der Waals surface area contributed by atoms with E-state index in [-0.39, 0.29) is 5.41 Å². The molecule has 0 aromatic heterocycles. The lowest BCUT2D eigenvalue weighted by Gasteiger charge is -2.32. The Morgan fingerprint density at radius 1 is 1.05 bits per heavy atom. The fourth-order valence-corrected chi connectivity index (χ4v) is 3.90. The molecule has 0 bridgehead atoms. The largest absolute Gasteiger partial charge is 0.371 e. The Balaban J connectivity index is 2.05. The van der Waals surface area contributed by atoms with Gasteiger partial charge in [0.15, 0.2) is 0 Å². The first-order chi connectivity index (χ1) is 9.24. The normalized spacial score (nSPS) is 21.8. The molecule has 19 heavy (non-hydrogen) atoms. The lowest BCUT2D eigenvalue weighted by molar-refractivity contribution is -0.122. The van der Waals surface area contributed by atoms with Gasteiger partial charge in [0, 0.05) is 18.8 Å². The van der Waals surface area contributed by atoms with Crippen LogP contribution in [-0.2, 0) is 10.2 Å². The van der Waals surface area contributed by atoms with E-state index in [2.05, 4.69) is 29.2 Å². The third kappa shape index (κ3) is 2.07. The quantitative estimate of drug-likeness (QED) is 0.823. The number of para-hydroxylation sites is 1. The van der Waals surface area contributed by atoms with Crippen molar-refractivity contribution in [3.63, 3.8) is 0 Å². The Morgan fingerprint density at radius 3 is 2.32 bits per heavy atom. The summed E-state index contributed by atoms with van der Waals surface area (Å²) >= 11 is 0. The van der Waals surface area contributed by atoms with Crippen molar-refractivity contribution in [1.29, 1.82) is 0 Å². The van der Waals surface area contributed by atoms with Crippen molar-refractivity contribution in [3.05, 3.63) is 29.8 Å². The number of carbonyl (C=O) groups excluding carboxylic acids is 1. The van der Waals surface area contributed by atoms with E-state index in [0.717, 1.165) is 25.9 Å². The van der Waals surface area contributed by atoms with Crippen molar-refractivity contribution in [3.8, 4) is 0 Å². The van der Waals surface area contributed by atoms with Gasteiger partial charge in [0.05, 0.1) is 5.41 Å². The van der Waals surface area contributed by atoms with Crippen molar-refractivity contribution in [1.82, 2.24) is 0 Å². The maximum absolute atomic E-state index is 12.3. The van der Waals surface area contributed by atoms with E-state index in [1.54, 1.807) is 6.92 Å². The van der Waals surface area contributed by atoms with Crippen LogP contribution in [0.3, 0.4) is 0 Å². The van der Waals surface area contributed by atoms with Crippen LogP contribution >= 0.6 is 0 Å². The summed E-state index contributed by atoms with van der Waals surface area (Å²) in [5.74, 6) is 0.358. The van der Waals surface area contributed by atoms with Gasteiger partial charge in [-0.25, -0.2) is 0 Å². The second kappa shape index (κ2) is 4.99. The Labute approximate surface area is 115 Å². The van der Waals surface area contributed by atoms with Crippen LogP contribution in [0.5, 0.6) is 0 Å². The predicted octanol–water partition coefficient (Wildman–Crippen LogP) is 3.69. The third-order valence-electron chi connectivity index (χ3n) is 5.00. The Bertz CT molecular complexity index is 468. The van der Waals surface area contributed by atoms with E-state index in [4.69, 9.17) is 0 Å². The molecule has 2 heteroatoms. The van der Waals surface area contributed by atoms with Crippen LogP contribution in [-0.4, -0.2) is 18.9 Å². The minimum absolute atomic E-state index is 0.195. The van der Waals surface area contributed by atoms with Gasteiger partial charge in [-0.15, -0.1) is 0 Å². The van der Waals surface area contributed by atoms with Crippen LogP contribution in [0.25, 0.3) is 0 Å². The molecule has 2 aliphatic rings. The van der Waals surface area contributed by atoms with Crippen molar-refractivity contribution >= 4 is 11.5 Å². The molecule has 0 spiro atoms. The number of benzene rings is 1. The molecule has 2 nitrogen and oxygen atoms in total. The molecule has 1 aromatic rings. The van der Waals surface area contributed by atoms with Gasteiger partial charge in [0.2, 0.25) is 0 Å². The van der Waals surface area contributed by atoms with Crippen LogP contribution in [0.2, 0.25) is 0 Å². The minimum Gasteiger partial charge on any atom is -0.371 e. The number of ketones is 1. The molecule has 1 aromatic carbocycles. The average molecular weight is 257 g/mol. The maximum Gasteiger partial charge on any atom is 0.140 e. The van der Waals surface area contributed by atoms with Crippen molar-refractivity contribution < 1.29 is 4.79 Å². The van der Waals surface area contributed by atoms with Crippen LogP contribution < -0.4 is 4.90 Å². The topological polar surface area (TPSA) is 20.3 Å². The minimum atomic E-state index is -0.195. The molecule has 3 rings (SSSR count). The molecule has 0 unspecified atom stereocenters. The zero-order chi connectivity index (χ0) is 13.3. The average Bonchev–Trinajstić information content (AvgIpc) is 3.11. The molecule has 102 valence electrons. The Morgan fingerprint density at radius 2 is 1.68 bits per heavy atom. The fraction of sp³-hybridized carbons (Fsp3) is 0.588. The molecule has 0 N–H and O–H groups in total. The van der Waals surface area contributed by atoms with Crippen LogP contribution in [0.4, 0.5) is 5.69 Å². The molecule has 0 amide bonds. The summed E-state index contributed by atoms with van der Waals surface area (Å²) in [7, 11) is 0. The number of hydrogen-bond acceptors (Lipinski definition) is 2. The molecule has 1 saturated carbocycles. The fourth-order valence-electron chi connectivity index (χ4n) is 3.90. The molecule has 1 heterocycles. The first kappa shape index (κ1) is 12.7. The summed E-state index contributed by atoms with van der Waals surface area (Å²) in [4.78, 5) is 14.8. The van der Waals surface area contributed by atoms with Gasteiger partial charge < -0.3 is 4.90 Å². The Kier molecular flexibility index (Phi) is 3.34. The van der Waals surface area contributed by atoms with E-state index in [1.807, 2.05) is 0 Å². The zero-order valence-electron chi connectivity index (χ0n) is 11.8. The highest BCUT2D eigenvalue weighted by Crippen LogP contribution is 2.45. The van der Waals surface area contributed by atoms with E-state index in [9.17, 15) is 4.79 Å². The number of nitrogens with zero attached hydrogens (tertiary/aromatic N) is 1. The molecule has 0 atom stereocenters. The monoisotopic (exact) mass is 257 g/mol. The highest BCUT2D eigenvalue weighted by Gasteiger charge is 2.42. The smallest absolute Gasteiger partial charge is 0.140 e. The summed E-state index contributed by atoms with van der Waals surface area (Å²) in [6.07, 6.45) is 7.00. The highest BCUT2D eigenvalue weighted by molar-refractivity contribution is 5.90. The van der Waals surface area contributed by atoms with Crippen molar-refractivity contribution in [2.75, 3.05) is 18.0 Å². The SMILES string of the molecule is CC(=O)C1(c2ccccc2N2CCCC2)CCCC1. The molecule has 0 radical (unpaired) electrons. The lowest BCUT2D eigenvalue weighted by Crippen LogP contribution is -2.33. The van der Waals surface area contributed by atoms with Gasteiger partial charge in [0.25, 0.3) is 0 Å². The number of rotatable bonds is 3. The van der Waals surface area contributed by atoms with Crippen LogP contribution in [0, 0.1) is 0 Å². The first-order valence-electron chi connectivity index (χ1n) is 7.59. The summed E-state index contributed by atoms with van der Waals surface area (Å²) in [6, 6.07) is 8.61. The van der Waals surface area contributed by atoms with Crippen LogP contribution in [0.1, 0.15) is 51.0 Å². The van der Waals surface area contributed by atoms with Crippen molar-refractivity contribution in [2.24, 2.45) is 0 Å². The van der Waals surface area contributed by atoms with Gasteiger partial charge in [-0.05, 0) is 44.2 Å². The first-order valence-corrected chi connectivity index (χ1v) is 7.59. The van der Waals surface area contributed by atoms with Gasteiger partial charge >= 0.3 is 0 Å². The lowest BCUT2D eigenvalue weighted by atomic mass is 9.75. The van der Waals surface area contributed by atoms with Crippen molar-refractivity contribution in [2.45, 2.75) is 50.9 Å². The molecule has 1 aliphatic carbocycles. The predicted molar refractivity (Wildman–Crippen MR) is 78.7 cm³/mol. The van der Waals surface area contributed by atoms with Crippen LogP contribution in [0.15, 0.2) is 24.3 Å². The highest BCUT2D eigenvalue weighted by atomic mass is 16.1. The van der Waals surface area contributed by atoms with E-state index in [0.29, 0.717) is 5.78 Å². The van der Waals surface area contributed by atoms with Gasteiger partial charge in [-0.2, -0.15) is 0 Å². The maximum atomic E-state index is 12.3. The summed E-state index contributed by atoms with van der Waals surface area (Å²) in [6.45, 7) is 4.07. The van der Waals surface area contributed by atoms with E-state index < -0.39 is 0 Å². The van der Waals surface area contributed by atoms with Gasteiger partial charge in [-0.1, -0.05) is 31.0 Å². The van der Waals surface area contributed by atoms with E-state index in [1.165, 1.54) is 36.9 Å². The molecule has 2 fully saturated rings. The molecule has 1 aliphatic heterocycles.